The van der Waals surface area contributed by atoms with Gasteiger partial charge in [0.1, 0.15) is 5.82 Å². The molecule has 0 aromatic heterocycles. The highest BCUT2D eigenvalue weighted by Crippen LogP contribution is 2.30. The molecule has 0 atom stereocenters. The van der Waals surface area contributed by atoms with Gasteiger partial charge in [0.2, 0.25) is 10.0 Å². The fourth-order valence-electron chi connectivity index (χ4n) is 2.30. The third-order valence-electron chi connectivity index (χ3n) is 3.53. The molecule has 106 valence electrons. The van der Waals surface area contributed by atoms with E-state index in [4.69, 9.17) is 5.11 Å². The van der Waals surface area contributed by atoms with E-state index in [0.717, 1.165) is 25.3 Å². The maximum atomic E-state index is 13.1. The first kappa shape index (κ1) is 14.4. The number of aliphatic hydroxyl groups excluding tert-OH is 1. The first-order valence-electron chi connectivity index (χ1n) is 6.35. The monoisotopic (exact) mass is 287 g/mol. The van der Waals surface area contributed by atoms with Gasteiger partial charge < -0.3 is 5.11 Å². The van der Waals surface area contributed by atoms with Crippen molar-refractivity contribution < 1.29 is 17.9 Å². The zero-order valence-corrected chi connectivity index (χ0v) is 11.7. The molecular formula is C13H18FNO3S. The van der Waals surface area contributed by atoms with Gasteiger partial charge >= 0.3 is 0 Å². The van der Waals surface area contributed by atoms with Crippen molar-refractivity contribution in [3.05, 3.63) is 29.6 Å². The van der Waals surface area contributed by atoms with Gasteiger partial charge in [0, 0.05) is 12.6 Å². The Balaban J connectivity index is 2.38. The molecule has 0 amide bonds. The van der Waals surface area contributed by atoms with Gasteiger partial charge in [-0.25, -0.2) is 12.8 Å². The number of nitrogens with zero attached hydrogens (tertiary/aromatic N) is 1. The second-order valence-electron chi connectivity index (χ2n) is 4.83. The number of aryl methyl sites for hydroxylation is 1. The highest BCUT2D eigenvalue weighted by Gasteiger charge is 2.35. The van der Waals surface area contributed by atoms with Gasteiger partial charge in [-0.1, -0.05) is 6.42 Å². The SMILES string of the molecule is Cc1cc(F)ccc1S(=O)(=O)N(CCO)C1CCC1. The van der Waals surface area contributed by atoms with Gasteiger partial charge in [0.15, 0.2) is 0 Å². The van der Waals surface area contributed by atoms with Crippen LogP contribution in [0.5, 0.6) is 0 Å². The van der Waals surface area contributed by atoms with E-state index in [1.54, 1.807) is 6.92 Å². The Morgan fingerprint density at radius 1 is 1.42 bits per heavy atom. The van der Waals surface area contributed by atoms with Crippen molar-refractivity contribution in [2.75, 3.05) is 13.2 Å². The first-order valence-corrected chi connectivity index (χ1v) is 7.79. The van der Waals surface area contributed by atoms with E-state index in [-0.39, 0.29) is 24.1 Å². The molecule has 1 aromatic carbocycles. The van der Waals surface area contributed by atoms with Crippen LogP contribution < -0.4 is 0 Å². The minimum atomic E-state index is -3.66. The zero-order valence-electron chi connectivity index (χ0n) is 10.8. The Labute approximate surface area is 112 Å². The molecule has 0 heterocycles. The van der Waals surface area contributed by atoms with Gasteiger partial charge in [-0.05, 0) is 43.5 Å². The second kappa shape index (κ2) is 5.56. The van der Waals surface area contributed by atoms with Gasteiger partial charge in [-0.3, -0.25) is 0 Å². The molecule has 1 saturated carbocycles. The van der Waals surface area contributed by atoms with Crippen molar-refractivity contribution in [3.8, 4) is 0 Å². The van der Waals surface area contributed by atoms with Crippen LogP contribution in [-0.4, -0.2) is 37.0 Å². The van der Waals surface area contributed by atoms with E-state index in [1.807, 2.05) is 0 Å². The largest absolute Gasteiger partial charge is 0.395 e. The Hall–Kier alpha value is -0.980. The van der Waals surface area contributed by atoms with E-state index in [2.05, 4.69) is 0 Å². The molecule has 1 fully saturated rings. The maximum absolute atomic E-state index is 13.1. The van der Waals surface area contributed by atoms with Crippen LogP contribution in [0.4, 0.5) is 4.39 Å². The normalized spacial score (nSPS) is 16.6. The highest BCUT2D eigenvalue weighted by atomic mass is 32.2. The number of rotatable bonds is 5. The van der Waals surface area contributed by atoms with Crippen molar-refractivity contribution in [2.24, 2.45) is 0 Å². The summed E-state index contributed by atoms with van der Waals surface area (Å²) in [6.07, 6.45) is 2.64. The van der Waals surface area contributed by atoms with E-state index < -0.39 is 15.8 Å². The summed E-state index contributed by atoms with van der Waals surface area (Å²) in [5, 5.41) is 9.06. The lowest BCUT2D eigenvalue weighted by molar-refractivity contribution is 0.178. The molecule has 0 aliphatic heterocycles. The Morgan fingerprint density at radius 3 is 2.58 bits per heavy atom. The summed E-state index contributed by atoms with van der Waals surface area (Å²) in [6.45, 7) is 1.45. The summed E-state index contributed by atoms with van der Waals surface area (Å²) in [6, 6.07) is 3.62. The predicted molar refractivity (Wildman–Crippen MR) is 69.8 cm³/mol. The van der Waals surface area contributed by atoms with Crippen LogP contribution in [-0.2, 0) is 10.0 Å². The van der Waals surface area contributed by atoms with Crippen LogP contribution in [0, 0.1) is 12.7 Å². The molecule has 1 N–H and O–H groups in total. The van der Waals surface area contributed by atoms with Gasteiger partial charge in [0.25, 0.3) is 0 Å². The standard InChI is InChI=1S/C13H18FNO3S/c1-10-9-11(14)5-6-13(10)19(17,18)15(7-8-16)12-3-2-4-12/h5-6,9,12,16H,2-4,7-8H2,1H3. The lowest BCUT2D eigenvalue weighted by Crippen LogP contribution is -2.45. The molecule has 0 bridgehead atoms. The smallest absolute Gasteiger partial charge is 0.243 e. The fourth-order valence-corrected chi connectivity index (χ4v) is 4.18. The molecular weight excluding hydrogens is 269 g/mol. The van der Waals surface area contributed by atoms with E-state index in [0.29, 0.717) is 5.56 Å². The van der Waals surface area contributed by atoms with E-state index in [1.165, 1.54) is 16.4 Å². The zero-order chi connectivity index (χ0) is 14.0. The molecule has 0 unspecified atom stereocenters. The second-order valence-corrected chi connectivity index (χ2v) is 6.69. The highest BCUT2D eigenvalue weighted by molar-refractivity contribution is 7.89. The number of aliphatic hydroxyl groups is 1. The molecule has 6 heteroatoms. The molecule has 4 nitrogen and oxygen atoms in total. The maximum Gasteiger partial charge on any atom is 0.243 e. The molecule has 1 aromatic rings. The van der Waals surface area contributed by atoms with Crippen LogP contribution in [0.2, 0.25) is 0 Å². The number of sulfonamides is 1. The third-order valence-corrected chi connectivity index (χ3v) is 5.64. The van der Waals surface area contributed by atoms with Crippen LogP contribution in [0.15, 0.2) is 23.1 Å². The average molecular weight is 287 g/mol. The van der Waals surface area contributed by atoms with E-state index in [9.17, 15) is 12.8 Å². The van der Waals surface area contributed by atoms with Crippen LogP contribution in [0.1, 0.15) is 24.8 Å². The molecule has 2 rings (SSSR count). The van der Waals surface area contributed by atoms with Gasteiger partial charge in [0.05, 0.1) is 11.5 Å². The molecule has 19 heavy (non-hydrogen) atoms. The summed E-state index contributed by atoms with van der Waals surface area (Å²) in [4.78, 5) is 0.120. The summed E-state index contributed by atoms with van der Waals surface area (Å²) in [5.74, 6) is -0.450. The Kier molecular flexibility index (Phi) is 4.23. The van der Waals surface area contributed by atoms with Crippen molar-refractivity contribution in [2.45, 2.75) is 37.1 Å². The first-order chi connectivity index (χ1) is 8.96. The molecule has 1 aliphatic rings. The van der Waals surface area contributed by atoms with Crippen molar-refractivity contribution in [1.82, 2.24) is 4.31 Å². The fraction of sp³-hybridized carbons (Fsp3) is 0.538. The summed E-state index contributed by atoms with van der Waals surface area (Å²) < 4.78 is 39.6. The number of benzene rings is 1. The summed E-state index contributed by atoms with van der Waals surface area (Å²) in [5.41, 5.74) is 0.391. The van der Waals surface area contributed by atoms with Gasteiger partial charge in [-0.15, -0.1) is 0 Å². The van der Waals surface area contributed by atoms with Crippen molar-refractivity contribution >= 4 is 10.0 Å². The Bertz CT molecular complexity index is 555. The third kappa shape index (κ3) is 2.80. The predicted octanol–water partition coefficient (Wildman–Crippen LogP) is 1.67. The molecule has 0 radical (unpaired) electrons. The molecule has 0 saturated heterocycles. The Morgan fingerprint density at radius 2 is 2.11 bits per heavy atom. The minimum absolute atomic E-state index is 0.0402. The lowest BCUT2D eigenvalue weighted by Gasteiger charge is -2.36. The number of hydrogen-bond acceptors (Lipinski definition) is 3. The summed E-state index contributed by atoms with van der Waals surface area (Å²) >= 11 is 0. The van der Waals surface area contributed by atoms with Crippen molar-refractivity contribution in [1.29, 1.82) is 0 Å². The van der Waals surface area contributed by atoms with E-state index >= 15 is 0 Å². The quantitative estimate of drug-likeness (QED) is 0.896. The molecule has 1 aliphatic carbocycles. The lowest BCUT2D eigenvalue weighted by atomic mass is 9.93. The van der Waals surface area contributed by atoms with Crippen molar-refractivity contribution in [3.63, 3.8) is 0 Å². The summed E-state index contributed by atoms with van der Waals surface area (Å²) in [7, 11) is -3.66. The minimum Gasteiger partial charge on any atom is -0.395 e. The van der Waals surface area contributed by atoms with Crippen LogP contribution in [0.25, 0.3) is 0 Å². The van der Waals surface area contributed by atoms with Crippen LogP contribution in [0.3, 0.4) is 0 Å². The number of halogens is 1. The van der Waals surface area contributed by atoms with Crippen LogP contribution >= 0.6 is 0 Å². The topological polar surface area (TPSA) is 57.6 Å². The average Bonchev–Trinajstić information content (AvgIpc) is 2.25. The van der Waals surface area contributed by atoms with Gasteiger partial charge in [-0.2, -0.15) is 4.31 Å². The molecule has 0 spiro atoms. The number of hydrogen-bond donors (Lipinski definition) is 1.